The lowest BCUT2D eigenvalue weighted by molar-refractivity contribution is 0.416. The predicted octanol–water partition coefficient (Wildman–Crippen LogP) is 2.58. The van der Waals surface area contributed by atoms with Crippen molar-refractivity contribution in [3.8, 4) is 28.9 Å². The third-order valence-corrected chi connectivity index (χ3v) is 2.90. The first kappa shape index (κ1) is 11.6. The number of hydrogen-bond donors (Lipinski definition) is 0. The fourth-order valence-corrected chi connectivity index (χ4v) is 1.90. The van der Waals surface area contributed by atoms with Crippen LogP contribution in [0.15, 0.2) is 63.9 Å². The van der Waals surface area contributed by atoms with Crippen LogP contribution in [-0.4, -0.2) is 25.1 Å². The van der Waals surface area contributed by atoms with E-state index in [9.17, 15) is 0 Å². The highest BCUT2D eigenvalue weighted by atomic mass is 16.5. The van der Waals surface area contributed by atoms with Crippen molar-refractivity contribution in [2.45, 2.75) is 0 Å². The number of rotatable bonds is 3. The molecule has 0 N–H and O–H groups in total. The van der Waals surface area contributed by atoms with Gasteiger partial charge in [0.1, 0.15) is 0 Å². The average Bonchev–Trinajstić information content (AvgIpc) is 3.27. The first-order chi connectivity index (χ1) is 10.4. The lowest BCUT2D eigenvalue weighted by Gasteiger charge is -1.96. The van der Waals surface area contributed by atoms with Crippen LogP contribution in [0.25, 0.3) is 28.9 Å². The summed E-state index contributed by atoms with van der Waals surface area (Å²) < 4.78 is 12.0. The molecule has 4 aromatic rings. The summed E-state index contributed by atoms with van der Waals surface area (Å²) in [5, 5.41) is 12.0. The van der Waals surface area contributed by atoms with Gasteiger partial charge in [0.15, 0.2) is 11.5 Å². The van der Waals surface area contributed by atoms with E-state index in [1.54, 1.807) is 29.3 Å². The molecule has 7 heteroatoms. The number of hydrogen-bond acceptors (Lipinski definition) is 6. The first-order valence-electron chi connectivity index (χ1n) is 6.26. The number of benzene rings is 1. The van der Waals surface area contributed by atoms with Crippen LogP contribution in [0, 0.1) is 0 Å². The van der Waals surface area contributed by atoms with E-state index in [-0.39, 0.29) is 0 Å². The molecule has 0 atom stereocenters. The summed E-state index contributed by atoms with van der Waals surface area (Å²) in [7, 11) is 0. The lowest BCUT2D eigenvalue weighted by atomic mass is 10.3. The minimum Gasteiger partial charge on any atom is -0.459 e. The van der Waals surface area contributed by atoms with Crippen molar-refractivity contribution in [1.82, 2.24) is 25.1 Å². The first-order valence-corrected chi connectivity index (χ1v) is 6.26. The minimum atomic E-state index is 0.310. The maximum atomic E-state index is 5.21. The van der Waals surface area contributed by atoms with Gasteiger partial charge in [-0.3, -0.25) is 0 Å². The molecular weight excluding hydrogens is 270 g/mol. The summed E-state index contributed by atoms with van der Waals surface area (Å²) in [6.45, 7) is 0. The third-order valence-electron chi connectivity index (χ3n) is 2.90. The average molecular weight is 279 g/mol. The van der Waals surface area contributed by atoms with Gasteiger partial charge in [0.2, 0.25) is 5.82 Å². The van der Waals surface area contributed by atoms with E-state index in [1.165, 1.54) is 0 Å². The van der Waals surface area contributed by atoms with Crippen LogP contribution in [0.3, 0.4) is 0 Å². The second-order valence-corrected chi connectivity index (χ2v) is 4.28. The number of aromatic nitrogens is 5. The van der Waals surface area contributed by atoms with Crippen LogP contribution in [0.5, 0.6) is 0 Å². The zero-order valence-electron chi connectivity index (χ0n) is 10.7. The summed E-state index contributed by atoms with van der Waals surface area (Å²) in [5.74, 6) is 1.19. The Balaban J connectivity index is 1.67. The van der Waals surface area contributed by atoms with Gasteiger partial charge in [-0.2, -0.15) is 4.98 Å². The monoisotopic (exact) mass is 279 g/mol. The molecule has 0 aliphatic carbocycles. The molecule has 3 heterocycles. The Kier molecular flexibility index (Phi) is 2.60. The molecular formula is C14H9N5O2. The second-order valence-electron chi connectivity index (χ2n) is 4.28. The molecule has 7 nitrogen and oxygen atoms in total. The van der Waals surface area contributed by atoms with Crippen LogP contribution in [0.2, 0.25) is 0 Å². The quantitative estimate of drug-likeness (QED) is 0.573. The summed E-state index contributed by atoms with van der Waals surface area (Å²) in [6.07, 6.45) is 3.29. The van der Waals surface area contributed by atoms with E-state index in [0.717, 1.165) is 5.69 Å². The normalized spacial score (nSPS) is 10.9. The number of furan rings is 1. The molecule has 3 aromatic heterocycles. The zero-order valence-corrected chi connectivity index (χ0v) is 10.7. The number of para-hydroxylation sites is 1. The summed E-state index contributed by atoms with van der Waals surface area (Å²) >= 11 is 0. The Morgan fingerprint density at radius 2 is 1.90 bits per heavy atom. The van der Waals surface area contributed by atoms with E-state index < -0.39 is 0 Å². The van der Waals surface area contributed by atoms with Crippen molar-refractivity contribution in [2.24, 2.45) is 0 Å². The van der Waals surface area contributed by atoms with Crippen molar-refractivity contribution >= 4 is 0 Å². The summed E-state index contributed by atoms with van der Waals surface area (Å²) in [4.78, 5) is 4.24. The van der Waals surface area contributed by atoms with Crippen LogP contribution in [0.1, 0.15) is 0 Å². The molecule has 0 saturated heterocycles. The molecule has 102 valence electrons. The van der Waals surface area contributed by atoms with E-state index in [0.29, 0.717) is 23.2 Å². The fourth-order valence-electron chi connectivity index (χ4n) is 1.90. The van der Waals surface area contributed by atoms with Crippen LogP contribution < -0.4 is 0 Å². The highest BCUT2D eigenvalue weighted by Crippen LogP contribution is 2.21. The van der Waals surface area contributed by atoms with Gasteiger partial charge in [-0.05, 0) is 24.3 Å². The second kappa shape index (κ2) is 4.71. The maximum Gasteiger partial charge on any atom is 0.293 e. The lowest BCUT2D eigenvalue weighted by Crippen LogP contribution is -1.93. The van der Waals surface area contributed by atoms with E-state index in [1.807, 2.05) is 30.3 Å². The van der Waals surface area contributed by atoms with Gasteiger partial charge in [-0.1, -0.05) is 28.6 Å². The Morgan fingerprint density at radius 3 is 2.71 bits per heavy atom. The molecule has 0 bridgehead atoms. The minimum absolute atomic E-state index is 0.310. The van der Waals surface area contributed by atoms with E-state index >= 15 is 0 Å². The maximum absolute atomic E-state index is 5.21. The standard InChI is InChI=1S/C14H9N5O2/c1-2-5-10(6-3-1)19-9-11(16-18-19)13-15-14(21-17-13)12-7-4-8-20-12/h1-9H. The smallest absolute Gasteiger partial charge is 0.293 e. The Hall–Kier alpha value is -3.22. The topological polar surface area (TPSA) is 82.8 Å². The zero-order chi connectivity index (χ0) is 14.1. The van der Waals surface area contributed by atoms with Gasteiger partial charge < -0.3 is 8.94 Å². The van der Waals surface area contributed by atoms with Crippen molar-refractivity contribution < 1.29 is 8.94 Å². The van der Waals surface area contributed by atoms with Crippen molar-refractivity contribution in [2.75, 3.05) is 0 Å². The van der Waals surface area contributed by atoms with Gasteiger partial charge in [0, 0.05) is 0 Å². The van der Waals surface area contributed by atoms with Crippen LogP contribution >= 0.6 is 0 Å². The molecule has 0 aliphatic rings. The largest absolute Gasteiger partial charge is 0.459 e. The van der Waals surface area contributed by atoms with Gasteiger partial charge in [-0.25, -0.2) is 4.68 Å². The van der Waals surface area contributed by atoms with Crippen LogP contribution in [0.4, 0.5) is 0 Å². The molecule has 0 amide bonds. The van der Waals surface area contributed by atoms with Crippen molar-refractivity contribution in [1.29, 1.82) is 0 Å². The molecule has 0 spiro atoms. The summed E-state index contributed by atoms with van der Waals surface area (Å²) in [6, 6.07) is 13.2. The van der Waals surface area contributed by atoms with Crippen molar-refractivity contribution in [3.63, 3.8) is 0 Å². The van der Waals surface area contributed by atoms with Crippen molar-refractivity contribution in [3.05, 3.63) is 54.9 Å². The predicted molar refractivity (Wildman–Crippen MR) is 72.4 cm³/mol. The van der Waals surface area contributed by atoms with Gasteiger partial charge in [0.05, 0.1) is 18.1 Å². The summed E-state index contributed by atoms with van der Waals surface area (Å²) in [5.41, 5.74) is 1.44. The van der Waals surface area contributed by atoms with Gasteiger partial charge >= 0.3 is 0 Å². The molecule has 0 fully saturated rings. The Labute approximate surface area is 118 Å². The number of nitrogens with zero attached hydrogens (tertiary/aromatic N) is 5. The molecule has 4 rings (SSSR count). The van der Waals surface area contributed by atoms with Gasteiger partial charge in [-0.15, -0.1) is 5.10 Å². The fraction of sp³-hybridized carbons (Fsp3) is 0. The molecule has 0 saturated carbocycles. The van der Waals surface area contributed by atoms with E-state index in [4.69, 9.17) is 8.94 Å². The molecule has 0 aliphatic heterocycles. The molecule has 0 unspecified atom stereocenters. The van der Waals surface area contributed by atoms with Gasteiger partial charge in [0.25, 0.3) is 5.89 Å². The molecule has 0 radical (unpaired) electrons. The Bertz CT molecular complexity index is 849. The molecule has 1 aromatic carbocycles. The third kappa shape index (κ3) is 2.10. The molecule has 21 heavy (non-hydrogen) atoms. The van der Waals surface area contributed by atoms with Crippen LogP contribution in [-0.2, 0) is 0 Å². The SMILES string of the molecule is c1ccc(-n2cc(-c3noc(-c4ccco4)n3)nn2)cc1. The highest BCUT2D eigenvalue weighted by Gasteiger charge is 2.15. The highest BCUT2D eigenvalue weighted by molar-refractivity contribution is 5.52. The Morgan fingerprint density at radius 1 is 1.00 bits per heavy atom. The van der Waals surface area contributed by atoms with E-state index in [2.05, 4.69) is 20.5 Å².